The lowest BCUT2D eigenvalue weighted by Crippen LogP contribution is -2.24. The maximum absolute atomic E-state index is 12.9. The van der Waals surface area contributed by atoms with E-state index in [0.717, 1.165) is 5.56 Å². The molecule has 2 heterocycles. The zero-order chi connectivity index (χ0) is 17.6. The first kappa shape index (κ1) is 15.1. The van der Waals surface area contributed by atoms with Crippen molar-refractivity contribution in [1.29, 1.82) is 0 Å². The van der Waals surface area contributed by atoms with Gasteiger partial charge >= 0.3 is 11.6 Å². The van der Waals surface area contributed by atoms with Gasteiger partial charge in [-0.05, 0) is 35.9 Å². The number of fused-ring (bicyclic) bond motifs is 2. The summed E-state index contributed by atoms with van der Waals surface area (Å²) in [6.45, 7) is 0.362. The number of carbonyl (C=O) groups excluding carboxylic acids is 2. The molecule has 1 amide bonds. The number of esters is 1. The summed E-state index contributed by atoms with van der Waals surface area (Å²) in [6.07, 6.45) is 0. The Hall–Kier alpha value is -3.41. The van der Waals surface area contributed by atoms with Crippen molar-refractivity contribution in [2.24, 2.45) is 0 Å². The van der Waals surface area contributed by atoms with Crippen molar-refractivity contribution in [3.63, 3.8) is 0 Å². The summed E-state index contributed by atoms with van der Waals surface area (Å²) in [5.41, 5.74) is 2.10. The van der Waals surface area contributed by atoms with Crippen LogP contribution in [0.2, 0.25) is 0 Å². The van der Waals surface area contributed by atoms with E-state index in [2.05, 4.69) is 0 Å². The van der Waals surface area contributed by atoms with Gasteiger partial charge in [0.2, 0.25) is 0 Å². The molecule has 25 heavy (non-hydrogen) atoms. The van der Waals surface area contributed by atoms with Gasteiger partial charge in [-0.3, -0.25) is 4.79 Å². The standard InChI is InChI=1S/C19H13NO5/c1-24-19(23)14-4-2-3-12-10-20(18(22)17(12)14)13-6-7-15-11(9-13)5-8-16(21)25-15/h2-9H,10H2,1H3. The van der Waals surface area contributed by atoms with Crippen molar-refractivity contribution >= 4 is 28.5 Å². The number of amides is 1. The number of ether oxygens (including phenoxy) is 1. The lowest BCUT2D eigenvalue weighted by atomic mass is 10.0. The first-order valence-corrected chi connectivity index (χ1v) is 7.64. The molecular formula is C19H13NO5. The highest BCUT2D eigenvalue weighted by molar-refractivity contribution is 6.15. The molecule has 1 aromatic heterocycles. The fraction of sp³-hybridized carbons (Fsp3) is 0.105. The molecule has 6 nitrogen and oxygen atoms in total. The lowest BCUT2D eigenvalue weighted by Gasteiger charge is -2.16. The molecule has 124 valence electrons. The molecule has 0 N–H and O–H groups in total. The number of anilines is 1. The Labute approximate surface area is 142 Å². The molecule has 0 bridgehead atoms. The molecule has 3 aromatic rings. The second-order valence-electron chi connectivity index (χ2n) is 5.70. The fourth-order valence-electron chi connectivity index (χ4n) is 3.08. The summed E-state index contributed by atoms with van der Waals surface area (Å²) in [5.74, 6) is -0.792. The maximum Gasteiger partial charge on any atom is 0.338 e. The number of rotatable bonds is 2. The van der Waals surface area contributed by atoms with Crippen LogP contribution in [-0.2, 0) is 11.3 Å². The van der Waals surface area contributed by atoms with Gasteiger partial charge in [-0.2, -0.15) is 0 Å². The first-order valence-electron chi connectivity index (χ1n) is 7.64. The molecule has 0 saturated heterocycles. The molecule has 0 aliphatic carbocycles. The highest BCUT2D eigenvalue weighted by atomic mass is 16.5. The zero-order valence-electron chi connectivity index (χ0n) is 13.3. The number of hydrogen-bond donors (Lipinski definition) is 0. The predicted molar refractivity (Wildman–Crippen MR) is 90.8 cm³/mol. The van der Waals surface area contributed by atoms with Gasteiger partial charge < -0.3 is 14.1 Å². The SMILES string of the molecule is COC(=O)c1cccc2c1C(=O)N(c1ccc3oc(=O)ccc3c1)C2. The summed E-state index contributed by atoms with van der Waals surface area (Å²) < 4.78 is 9.88. The summed E-state index contributed by atoms with van der Waals surface area (Å²) in [6, 6.07) is 13.3. The van der Waals surface area contributed by atoms with E-state index >= 15 is 0 Å². The van der Waals surface area contributed by atoms with E-state index in [-0.39, 0.29) is 11.5 Å². The van der Waals surface area contributed by atoms with Crippen molar-refractivity contribution < 1.29 is 18.7 Å². The summed E-state index contributed by atoms with van der Waals surface area (Å²) in [7, 11) is 1.29. The third-order valence-corrected chi connectivity index (χ3v) is 4.26. The van der Waals surface area contributed by atoms with E-state index in [0.29, 0.717) is 28.8 Å². The minimum Gasteiger partial charge on any atom is -0.465 e. The largest absolute Gasteiger partial charge is 0.465 e. The van der Waals surface area contributed by atoms with Gasteiger partial charge in [0.25, 0.3) is 5.91 Å². The Morgan fingerprint density at radius 3 is 2.76 bits per heavy atom. The molecule has 6 heteroatoms. The van der Waals surface area contributed by atoms with Crippen LogP contribution in [-0.4, -0.2) is 19.0 Å². The molecule has 0 spiro atoms. The molecule has 2 aromatic carbocycles. The van der Waals surface area contributed by atoms with Crippen molar-refractivity contribution in [2.45, 2.75) is 6.54 Å². The highest BCUT2D eigenvalue weighted by Gasteiger charge is 2.33. The molecule has 0 radical (unpaired) electrons. The van der Waals surface area contributed by atoms with Gasteiger partial charge in [0.15, 0.2) is 0 Å². The Morgan fingerprint density at radius 2 is 1.96 bits per heavy atom. The van der Waals surface area contributed by atoms with Crippen LogP contribution in [0.5, 0.6) is 0 Å². The third kappa shape index (κ3) is 2.39. The van der Waals surface area contributed by atoms with Crippen LogP contribution in [0.15, 0.2) is 57.7 Å². The van der Waals surface area contributed by atoms with E-state index < -0.39 is 11.6 Å². The Morgan fingerprint density at radius 1 is 1.12 bits per heavy atom. The van der Waals surface area contributed by atoms with E-state index in [1.807, 2.05) is 6.07 Å². The summed E-state index contributed by atoms with van der Waals surface area (Å²) >= 11 is 0. The third-order valence-electron chi connectivity index (χ3n) is 4.26. The van der Waals surface area contributed by atoms with Crippen molar-refractivity contribution in [3.05, 3.63) is 75.6 Å². The van der Waals surface area contributed by atoms with Crippen molar-refractivity contribution in [2.75, 3.05) is 12.0 Å². The fourth-order valence-corrected chi connectivity index (χ4v) is 3.08. The minimum absolute atomic E-state index is 0.257. The Balaban J connectivity index is 1.78. The van der Waals surface area contributed by atoms with Crippen LogP contribution in [0.4, 0.5) is 5.69 Å². The minimum atomic E-state index is -0.535. The number of nitrogens with zero attached hydrogens (tertiary/aromatic N) is 1. The molecule has 0 unspecified atom stereocenters. The normalized spacial score (nSPS) is 13.2. The number of benzene rings is 2. The molecule has 1 aliphatic rings. The van der Waals surface area contributed by atoms with Gasteiger partial charge in [0.1, 0.15) is 5.58 Å². The van der Waals surface area contributed by atoms with Crippen LogP contribution in [0.1, 0.15) is 26.3 Å². The average Bonchev–Trinajstić information content (AvgIpc) is 2.97. The van der Waals surface area contributed by atoms with Gasteiger partial charge in [-0.25, -0.2) is 9.59 Å². The van der Waals surface area contributed by atoms with Crippen LogP contribution in [0.25, 0.3) is 11.0 Å². The summed E-state index contributed by atoms with van der Waals surface area (Å²) in [4.78, 5) is 37.7. The van der Waals surface area contributed by atoms with Crippen LogP contribution in [0.3, 0.4) is 0 Å². The van der Waals surface area contributed by atoms with E-state index in [1.165, 1.54) is 13.2 Å². The Bertz CT molecular complexity index is 1080. The molecule has 4 rings (SSSR count). The Kier molecular flexibility index (Phi) is 3.39. The molecule has 1 aliphatic heterocycles. The maximum atomic E-state index is 12.9. The van der Waals surface area contributed by atoms with E-state index in [4.69, 9.17) is 9.15 Å². The second kappa shape index (κ2) is 5.59. The number of carbonyl (C=O) groups is 2. The molecule has 0 saturated carbocycles. The molecular weight excluding hydrogens is 322 g/mol. The first-order chi connectivity index (χ1) is 12.1. The van der Waals surface area contributed by atoms with E-state index in [9.17, 15) is 14.4 Å². The highest BCUT2D eigenvalue weighted by Crippen LogP contribution is 2.32. The van der Waals surface area contributed by atoms with Gasteiger partial charge in [-0.15, -0.1) is 0 Å². The summed E-state index contributed by atoms with van der Waals surface area (Å²) in [5, 5.41) is 0.717. The predicted octanol–water partition coefficient (Wildman–Crippen LogP) is 2.74. The van der Waals surface area contributed by atoms with Gasteiger partial charge in [-0.1, -0.05) is 12.1 Å². The number of methoxy groups -OCH3 is 1. The monoisotopic (exact) mass is 335 g/mol. The van der Waals surface area contributed by atoms with Crippen molar-refractivity contribution in [3.8, 4) is 0 Å². The average molecular weight is 335 g/mol. The molecule has 0 fully saturated rings. The second-order valence-corrected chi connectivity index (χ2v) is 5.70. The van der Waals surface area contributed by atoms with Crippen LogP contribution in [0, 0.1) is 0 Å². The van der Waals surface area contributed by atoms with Gasteiger partial charge in [0, 0.05) is 17.1 Å². The number of hydrogen-bond acceptors (Lipinski definition) is 5. The lowest BCUT2D eigenvalue weighted by molar-refractivity contribution is 0.0597. The zero-order valence-corrected chi connectivity index (χ0v) is 13.3. The smallest absolute Gasteiger partial charge is 0.338 e. The quantitative estimate of drug-likeness (QED) is 0.532. The van der Waals surface area contributed by atoms with Crippen molar-refractivity contribution in [1.82, 2.24) is 0 Å². The van der Waals surface area contributed by atoms with E-state index in [1.54, 1.807) is 41.3 Å². The van der Waals surface area contributed by atoms with Gasteiger partial charge in [0.05, 0.1) is 24.8 Å². The topological polar surface area (TPSA) is 76.8 Å². The molecule has 0 atom stereocenters. The van der Waals surface area contributed by atoms with Crippen LogP contribution < -0.4 is 10.5 Å². The van der Waals surface area contributed by atoms with Crippen LogP contribution >= 0.6 is 0 Å².